The maximum atomic E-state index is 12.4. The summed E-state index contributed by atoms with van der Waals surface area (Å²) in [7, 11) is 3.99. The van der Waals surface area contributed by atoms with Gasteiger partial charge in [-0.15, -0.1) is 6.58 Å². The molecule has 0 aliphatic heterocycles. The number of hydrogen-bond donors (Lipinski definition) is 1. The van der Waals surface area contributed by atoms with Crippen molar-refractivity contribution in [3.8, 4) is 11.5 Å². The third kappa shape index (κ3) is 5.83. The second-order valence-electron chi connectivity index (χ2n) is 7.57. The maximum absolute atomic E-state index is 12.4. The van der Waals surface area contributed by atoms with Crippen LogP contribution in [0, 0.1) is 0 Å². The lowest BCUT2D eigenvalue weighted by Crippen LogP contribution is -2.20. The van der Waals surface area contributed by atoms with Crippen molar-refractivity contribution in [2.75, 3.05) is 27.2 Å². The average molecular weight is 380 g/mol. The zero-order chi connectivity index (χ0) is 20.7. The molecule has 0 heterocycles. The van der Waals surface area contributed by atoms with Crippen LogP contribution < -0.4 is 4.74 Å². The van der Waals surface area contributed by atoms with E-state index in [4.69, 9.17) is 4.74 Å². The molecule has 0 bridgehead atoms. The second-order valence-corrected chi connectivity index (χ2v) is 7.57. The molecule has 2 aromatic rings. The predicted octanol–water partition coefficient (Wildman–Crippen LogP) is 4.69. The topological polar surface area (TPSA) is 49.8 Å². The number of nitrogens with zero attached hydrogens (tertiary/aromatic N) is 1. The molecule has 0 saturated heterocycles. The maximum Gasteiger partial charge on any atom is 0.185 e. The van der Waals surface area contributed by atoms with Crippen LogP contribution in [0.5, 0.6) is 11.5 Å². The molecule has 2 rings (SSSR count). The molecule has 0 unspecified atom stereocenters. The quantitative estimate of drug-likeness (QED) is 0.390. The molecule has 0 atom stereocenters. The number of phenolic OH excluding ortho intramolecular Hbond substituents is 1. The molecule has 0 radical (unpaired) electrons. The molecule has 0 aromatic heterocycles. The van der Waals surface area contributed by atoms with E-state index in [2.05, 4.69) is 25.3 Å². The molecule has 0 aliphatic carbocycles. The van der Waals surface area contributed by atoms with E-state index < -0.39 is 0 Å². The van der Waals surface area contributed by atoms with Crippen molar-refractivity contribution >= 4 is 11.9 Å². The first-order chi connectivity index (χ1) is 13.2. The lowest BCUT2D eigenvalue weighted by atomic mass is 9.84. The van der Waals surface area contributed by atoms with Gasteiger partial charge in [0.2, 0.25) is 0 Å². The summed E-state index contributed by atoms with van der Waals surface area (Å²) in [5.41, 5.74) is 2.27. The average Bonchev–Trinajstić information content (AvgIpc) is 2.67. The first kappa shape index (κ1) is 21.5. The molecule has 0 spiro atoms. The van der Waals surface area contributed by atoms with E-state index in [1.54, 1.807) is 18.2 Å². The molecule has 4 heteroatoms. The number of aromatic hydroxyl groups is 1. The summed E-state index contributed by atoms with van der Waals surface area (Å²) in [5.74, 6) is 0.740. The lowest BCUT2D eigenvalue weighted by Gasteiger charge is -2.22. The van der Waals surface area contributed by atoms with Gasteiger partial charge in [0.25, 0.3) is 0 Å². The number of allylic oxidation sites excluding steroid dienone is 2. The van der Waals surface area contributed by atoms with Gasteiger partial charge in [0.1, 0.15) is 18.1 Å². The van der Waals surface area contributed by atoms with Gasteiger partial charge in [0.15, 0.2) is 5.78 Å². The van der Waals surface area contributed by atoms with Crippen LogP contribution in [0.1, 0.15) is 35.3 Å². The summed E-state index contributed by atoms with van der Waals surface area (Å²) in [6.45, 7) is 9.47. The third-order valence-corrected chi connectivity index (χ3v) is 4.63. The normalized spacial score (nSPS) is 11.8. The number of hydrogen-bond acceptors (Lipinski definition) is 4. The third-order valence-electron chi connectivity index (χ3n) is 4.63. The minimum absolute atomic E-state index is 0.132. The molecule has 28 heavy (non-hydrogen) atoms. The molecule has 2 aromatic carbocycles. The molecular weight excluding hydrogens is 350 g/mol. The second kappa shape index (κ2) is 9.38. The van der Waals surface area contributed by atoms with Crippen LogP contribution in [0.25, 0.3) is 6.08 Å². The fourth-order valence-corrected chi connectivity index (χ4v) is 2.55. The minimum atomic E-state index is -0.189. The van der Waals surface area contributed by atoms with Crippen LogP contribution in [0.4, 0.5) is 0 Å². The van der Waals surface area contributed by atoms with Gasteiger partial charge < -0.3 is 14.7 Å². The van der Waals surface area contributed by atoms with Crippen molar-refractivity contribution in [1.82, 2.24) is 4.90 Å². The van der Waals surface area contributed by atoms with Gasteiger partial charge in [-0.2, -0.15) is 0 Å². The van der Waals surface area contributed by atoms with Crippen LogP contribution in [-0.4, -0.2) is 43.0 Å². The summed E-state index contributed by atoms with van der Waals surface area (Å²) < 4.78 is 5.94. The first-order valence-electron chi connectivity index (χ1n) is 9.30. The monoisotopic (exact) mass is 379 g/mol. The zero-order valence-corrected chi connectivity index (χ0v) is 17.1. The Morgan fingerprint density at radius 1 is 1.18 bits per heavy atom. The van der Waals surface area contributed by atoms with Gasteiger partial charge in [0.05, 0.1) is 0 Å². The number of ether oxygens (including phenoxy) is 1. The van der Waals surface area contributed by atoms with E-state index in [-0.39, 0.29) is 16.9 Å². The van der Waals surface area contributed by atoms with Gasteiger partial charge in [0, 0.05) is 23.1 Å². The van der Waals surface area contributed by atoms with Crippen LogP contribution >= 0.6 is 0 Å². The summed E-state index contributed by atoms with van der Waals surface area (Å²) in [4.78, 5) is 14.5. The number of rotatable bonds is 9. The molecule has 0 fully saturated rings. The first-order valence-corrected chi connectivity index (χ1v) is 9.30. The van der Waals surface area contributed by atoms with Gasteiger partial charge >= 0.3 is 0 Å². The highest BCUT2D eigenvalue weighted by Crippen LogP contribution is 2.30. The van der Waals surface area contributed by atoms with E-state index in [0.717, 1.165) is 23.4 Å². The van der Waals surface area contributed by atoms with E-state index in [9.17, 15) is 9.90 Å². The summed E-state index contributed by atoms with van der Waals surface area (Å²) in [6, 6.07) is 12.2. The van der Waals surface area contributed by atoms with Gasteiger partial charge in [-0.05, 0) is 68.2 Å². The Kier molecular flexibility index (Phi) is 7.18. The van der Waals surface area contributed by atoms with E-state index >= 15 is 0 Å². The number of carbonyl (C=O) groups excluding carboxylic acids is 1. The van der Waals surface area contributed by atoms with Gasteiger partial charge in [-0.1, -0.05) is 26.0 Å². The summed E-state index contributed by atoms with van der Waals surface area (Å²) >= 11 is 0. The van der Waals surface area contributed by atoms with Crippen LogP contribution in [0.2, 0.25) is 0 Å². The Morgan fingerprint density at radius 2 is 1.86 bits per heavy atom. The number of likely N-dealkylation sites (N-methyl/N-ethyl adjacent to an activating group) is 1. The Hall–Kier alpha value is -2.85. The summed E-state index contributed by atoms with van der Waals surface area (Å²) in [5, 5.41) is 9.38. The van der Waals surface area contributed by atoms with Crippen LogP contribution in [-0.2, 0) is 5.41 Å². The molecular formula is C24H29NO3. The van der Waals surface area contributed by atoms with Crippen LogP contribution in [0.3, 0.4) is 0 Å². The van der Waals surface area contributed by atoms with Crippen molar-refractivity contribution in [1.29, 1.82) is 0 Å². The summed E-state index contributed by atoms with van der Waals surface area (Å²) in [6.07, 6.45) is 5.22. The van der Waals surface area contributed by atoms with Crippen molar-refractivity contribution in [2.24, 2.45) is 0 Å². The van der Waals surface area contributed by atoms with Gasteiger partial charge in [-0.25, -0.2) is 0 Å². The van der Waals surface area contributed by atoms with Crippen molar-refractivity contribution in [3.63, 3.8) is 0 Å². The van der Waals surface area contributed by atoms with Crippen molar-refractivity contribution in [2.45, 2.75) is 19.3 Å². The highest BCUT2D eigenvalue weighted by molar-refractivity contribution is 6.07. The van der Waals surface area contributed by atoms with E-state index in [0.29, 0.717) is 12.2 Å². The standard InChI is InChI=1S/C24H29NO3/c1-6-24(2,3)20-10-14-23(28-16-15-25(4)5)19(17-20)9-13-22(27)18-7-11-21(26)12-8-18/h6-14,17,26H,1,15-16H2,2-5H3. The fourth-order valence-electron chi connectivity index (χ4n) is 2.55. The minimum Gasteiger partial charge on any atom is -0.508 e. The molecule has 0 aliphatic rings. The Balaban J connectivity index is 2.31. The van der Waals surface area contributed by atoms with E-state index in [1.807, 2.05) is 38.4 Å². The van der Waals surface area contributed by atoms with Gasteiger partial charge in [-0.3, -0.25) is 4.79 Å². The zero-order valence-electron chi connectivity index (χ0n) is 17.1. The Labute approximate surface area is 167 Å². The van der Waals surface area contributed by atoms with Crippen LogP contribution in [0.15, 0.2) is 61.2 Å². The smallest absolute Gasteiger partial charge is 0.185 e. The highest BCUT2D eigenvalue weighted by atomic mass is 16.5. The number of benzene rings is 2. The number of phenols is 1. The fraction of sp³-hybridized carbons (Fsp3) is 0.292. The van der Waals surface area contributed by atoms with Crippen molar-refractivity contribution < 1.29 is 14.6 Å². The lowest BCUT2D eigenvalue weighted by molar-refractivity contribution is 0.104. The van der Waals surface area contributed by atoms with Crippen molar-refractivity contribution in [3.05, 3.63) is 77.9 Å². The largest absolute Gasteiger partial charge is 0.508 e. The van der Waals surface area contributed by atoms with E-state index in [1.165, 1.54) is 18.2 Å². The molecule has 0 saturated carbocycles. The predicted molar refractivity (Wildman–Crippen MR) is 115 cm³/mol. The molecule has 0 amide bonds. The Bertz CT molecular complexity index is 849. The number of ketones is 1. The number of carbonyl (C=O) groups is 1. The molecule has 148 valence electrons. The SMILES string of the molecule is C=CC(C)(C)c1ccc(OCCN(C)C)c(C=CC(=O)c2ccc(O)cc2)c1. The Morgan fingerprint density at radius 3 is 2.46 bits per heavy atom. The highest BCUT2D eigenvalue weighted by Gasteiger charge is 2.17. The molecule has 4 nitrogen and oxygen atoms in total. The molecule has 1 N–H and O–H groups in total.